The zero-order chi connectivity index (χ0) is 16.6. The number of ether oxygens (including phenoxy) is 2. The highest BCUT2D eigenvalue weighted by atomic mass is 32.2. The van der Waals surface area contributed by atoms with Crippen molar-refractivity contribution in [3.8, 4) is 11.5 Å². The number of amides is 1. The number of H-pyrrole nitrogens is 1. The van der Waals surface area contributed by atoms with Crippen LogP contribution in [0.3, 0.4) is 0 Å². The lowest BCUT2D eigenvalue weighted by Crippen LogP contribution is -2.21. The van der Waals surface area contributed by atoms with Gasteiger partial charge in [0, 0.05) is 11.3 Å². The van der Waals surface area contributed by atoms with Crippen molar-refractivity contribution in [1.82, 2.24) is 10.2 Å². The van der Waals surface area contributed by atoms with E-state index in [4.69, 9.17) is 9.47 Å². The zero-order valence-electron chi connectivity index (χ0n) is 13.5. The molecule has 7 heteroatoms. The van der Waals surface area contributed by atoms with Gasteiger partial charge in [0.15, 0.2) is 17.3 Å². The van der Waals surface area contributed by atoms with Crippen LogP contribution in [0.5, 0.6) is 11.5 Å². The molecular weight excluding hydrogens is 314 g/mol. The molecule has 2 atom stereocenters. The SMILES string of the molecule is COc1ccc([C@H]2S[C@@H](C)C(=O)Nc3n[nH]c(C)c32)cc1OC. The minimum Gasteiger partial charge on any atom is -0.493 e. The molecule has 0 saturated carbocycles. The largest absolute Gasteiger partial charge is 0.493 e. The van der Waals surface area contributed by atoms with Crippen molar-refractivity contribution < 1.29 is 14.3 Å². The van der Waals surface area contributed by atoms with Crippen LogP contribution in [0.4, 0.5) is 5.82 Å². The van der Waals surface area contributed by atoms with E-state index in [-0.39, 0.29) is 16.4 Å². The Morgan fingerprint density at radius 2 is 1.96 bits per heavy atom. The van der Waals surface area contributed by atoms with Gasteiger partial charge in [0.25, 0.3) is 0 Å². The van der Waals surface area contributed by atoms with E-state index in [0.717, 1.165) is 16.8 Å². The van der Waals surface area contributed by atoms with Gasteiger partial charge < -0.3 is 14.8 Å². The van der Waals surface area contributed by atoms with Gasteiger partial charge in [-0.1, -0.05) is 6.07 Å². The number of aromatic amines is 1. The molecule has 0 fully saturated rings. The molecular formula is C16H19N3O3S. The number of fused-ring (bicyclic) bond motifs is 1. The van der Waals surface area contributed by atoms with Gasteiger partial charge in [-0.05, 0) is 31.5 Å². The Bertz CT molecular complexity index is 744. The summed E-state index contributed by atoms with van der Waals surface area (Å²) < 4.78 is 10.7. The van der Waals surface area contributed by atoms with Gasteiger partial charge in [-0.15, -0.1) is 11.8 Å². The number of rotatable bonds is 3. The van der Waals surface area contributed by atoms with Gasteiger partial charge >= 0.3 is 0 Å². The number of aryl methyl sites for hydroxylation is 1. The standard InChI is InChI=1S/C16H19N3O3S/c1-8-13-14(10-5-6-11(21-3)12(7-10)22-4)23-9(2)16(20)17-15(13)19-18-8/h5-7,9,14H,1-4H3,(H2,17,18,19,20)/t9-,14+/m0/s1. The molecule has 3 rings (SSSR count). The fourth-order valence-electron chi connectivity index (χ4n) is 2.67. The summed E-state index contributed by atoms with van der Waals surface area (Å²) in [4.78, 5) is 12.2. The number of benzene rings is 1. The Balaban J connectivity index is 2.10. The Labute approximate surface area is 138 Å². The van der Waals surface area contributed by atoms with Gasteiger partial charge in [-0.25, -0.2) is 0 Å². The normalized spacial score (nSPS) is 20.4. The van der Waals surface area contributed by atoms with Crippen LogP contribution in [0.25, 0.3) is 0 Å². The lowest BCUT2D eigenvalue weighted by molar-refractivity contribution is -0.115. The third-order valence-electron chi connectivity index (χ3n) is 3.92. The van der Waals surface area contributed by atoms with Crippen molar-refractivity contribution in [2.75, 3.05) is 19.5 Å². The predicted molar refractivity (Wildman–Crippen MR) is 90.4 cm³/mol. The van der Waals surface area contributed by atoms with Crippen LogP contribution < -0.4 is 14.8 Å². The molecule has 0 saturated heterocycles. The molecule has 1 aromatic heterocycles. The first kappa shape index (κ1) is 15.7. The molecule has 2 aromatic rings. The van der Waals surface area contributed by atoms with E-state index in [1.54, 1.807) is 26.0 Å². The van der Waals surface area contributed by atoms with E-state index in [2.05, 4.69) is 15.5 Å². The van der Waals surface area contributed by atoms with E-state index in [0.29, 0.717) is 17.3 Å². The number of hydrogen-bond donors (Lipinski definition) is 2. The Hall–Kier alpha value is -2.15. The molecule has 1 amide bonds. The van der Waals surface area contributed by atoms with Crippen LogP contribution >= 0.6 is 11.8 Å². The second-order valence-corrected chi connectivity index (χ2v) is 6.82. The van der Waals surface area contributed by atoms with Crippen LogP contribution in [0.2, 0.25) is 0 Å². The maximum atomic E-state index is 12.2. The minimum absolute atomic E-state index is 0.0162. The molecule has 0 spiro atoms. The van der Waals surface area contributed by atoms with Crippen molar-refractivity contribution in [1.29, 1.82) is 0 Å². The van der Waals surface area contributed by atoms with Gasteiger partial charge in [0.1, 0.15) is 0 Å². The molecule has 0 unspecified atom stereocenters. The number of nitrogens with zero attached hydrogens (tertiary/aromatic N) is 1. The highest BCUT2D eigenvalue weighted by molar-refractivity contribution is 8.01. The first-order chi connectivity index (χ1) is 11.0. The maximum absolute atomic E-state index is 12.2. The lowest BCUT2D eigenvalue weighted by Gasteiger charge is -2.19. The van der Waals surface area contributed by atoms with Crippen LogP contribution in [0.1, 0.15) is 29.0 Å². The summed E-state index contributed by atoms with van der Waals surface area (Å²) in [6.45, 7) is 3.86. The minimum atomic E-state index is -0.179. The number of nitrogens with one attached hydrogen (secondary N) is 2. The Kier molecular flexibility index (Phi) is 4.21. The molecule has 122 valence electrons. The summed E-state index contributed by atoms with van der Waals surface area (Å²) in [5.41, 5.74) is 2.99. The second-order valence-electron chi connectivity index (χ2n) is 5.37. The average Bonchev–Trinajstić information content (AvgIpc) is 2.85. The predicted octanol–water partition coefficient (Wildman–Crippen LogP) is 2.90. The van der Waals surface area contributed by atoms with Crippen LogP contribution in [-0.4, -0.2) is 35.6 Å². The smallest absolute Gasteiger partial charge is 0.238 e. The van der Waals surface area contributed by atoms with Gasteiger partial charge in [-0.2, -0.15) is 5.10 Å². The van der Waals surface area contributed by atoms with E-state index >= 15 is 0 Å². The fraction of sp³-hybridized carbons (Fsp3) is 0.375. The van der Waals surface area contributed by atoms with Crippen molar-refractivity contribution in [3.05, 3.63) is 35.0 Å². The van der Waals surface area contributed by atoms with Crippen molar-refractivity contribution in [2.45, 2.75) is 24.3 Å². The number of hydrogen-bond acceptors (Lipinski definition) is 5. The van der Waals surface area contributed by atoms with E-state index in [1.165, 1.54) is 0 Å². The number of methoxy groups -OCH3 is 2. The summed E-state index contributed by atoms with van der Waals surface area (Å²) in [6, 6.07) is 5.83. The van der Waals surface area contributed by atoms with E-state index in [1.807, 2.05) is 32.0 Å². The van der Waals surface area contributed by atoms with Gasteiger partial charge in [0.2, 0.25) is 5.91 Å². The summed E-state index contributed by atoms with van der Waals surface area (Å²) in [5.74, 6) is 1.92. The number of aromatic nitrogens is 2. The van der Waals surface area contributed by atoms with Gasteiger partial charge in [-0.3, -0.25) is 9.89 Å². The number of anilines is 1. The molecule has 2 N–H and O–H groups in total. The molecule has 23 heavy (non-hydrogen) atoms. The quantitative estimate of drug-likeness (QED) is 0.903. The number of thioether (sulfide) groups is 1. The monoisotopic (exact) mass is 333 g/mol. The third kappa shape index (κ3) is 2.76. The van der Waals surface area contributed by atoms with E-state index in [9.17, 15) is 4.79 Å². The first-order valence-electron chi connectivity index (χ1n) is 7.28. The molecule has 6 nitrogen and oxygen atoms in total. The molecule has 1 aliphatic heterocycles. The molecule has 1 aliphatic rings. The molecule has 2 heterocycles. The summed E-state index contributed by atoms with van der Waals surface area (Å²) >= 11 is 1.59. The highest BCUT2D eigenvalue weighted by Crippen LogP contribution is 2.46. The number of carbonyl (C=O) groups excluding carboxylic acids is 1. The summed E-state index contributed by atoms with van der Waals surface area (Å²) in [5, 5.41) is 9.88. The zero-order valence-corrected chi connectivity index (χ0v) is 14.3. The fourth-order valence-corrected chi connectivity index (χ4v) is 3.99. The van der Waals surface area contributed by atoms with Crippen LogP contribution in [0, 0.1) is 6.92 Å². The topological polar surface area (TPSA) is 76.2 Å². The number of carbonyl (C=O) groups is 1. The van der Waals surface area contributed by atoms with E-state index < -0.39 is 0 Å². The Morgan fingerprint density at radius 3 is 2.65 bits per heavy atom. The molecule has 0 aliphatic carbocycles. The van der Waals surface area contributed by atoms with Crippen LogP contribution in [-0.2, 0) is 4.79 Å². The van der Waals surface area contributed by atoms with Gasteiger partial charge in [0.05, 0.1) is 24.7 Å². The molecule has 0 radical (unpaired) electrons. The molecule has 0 bridgehead atoms. The second kappa shape index (κ2) is 6.16. The van der Waals surface area contributed by atoms with Crippen molar-refractivity contribution in [3.63, 3.8) is 0 Å². The maximum Gasteiger partial charge on any atom is 0.238 e. The summed E-state index contributed by atoms with van der Waals surface area (Å²) in [6.07, 6.45) is 0. The first-order valence-corrected chi connectivity index (χ1v) is 8.22. The highest BCUT2D eigenvalue weighted by Gasteiger charge is 2.32. The van der Waals surface area contributed by atoms with Crippen LogP contribution in [0.15, 0.2) is 18.2 Å². The lowest BCUT2D eigenvalue weighted by atomic mass is 10.0. The third-order valence-corrected chi connectivity index (χ3v) is 5.32. The van der Waals surface area contributed by atoms with Crippen molar-refractivity contribution >= 4 is 23.5 Å². The Morgan fingerprint density at radius 1 is 1.22 bits per heavy atom. The average molecular weight is 333 g/mol. The summed E-state index contributed by atoms with van der Waals surface area (Å²) in [7, 11) is 3.23. The molecule has 1 aromatic carbocycles. The van der Waals surface area contributed by atoms with Crippen molar-refractivity contribution in [2.24, 2.45) is 0 Å².